The number of aryl methyl sites for hydroxylation is 1. The molecule has 7 nitrogen and oxygen atoms in total. The highest BCUT2D eigenvalue weighted by Crippen LogP contribution is 2.37. The molecule has 166 valence electrons. The second-order valence-corrected chi connectivity index (χ2v) is 8.05. The Hall–Kier alpha value is -2.28. The van der Waals surface area contributed by atoms with Crippen LogP contribution in [0.15, 0.2) is 29.3 Å². The molecule has 7 heteroatoms. The van der Waals surface area contributed by atoms with Crippen molar-refractivity contribution in [3.63, 3.8) is 0 Å². The molecule has 0 bridgehead atoms. The molecule has 2 heterocycles. The largest absolute Gasteiger partial charge is 0.450 e. The molecule has 2 saturated heterocycles. The van der Waals surface area contributed by atoms with Crippen molar-refractivity contribution in [2.24, 2.45) is 4.99 Å². The Bertz CT molecular complexity index is 723. The van der Waals surface area contributed by atoms with Crippen molar-refractivity contribution in [3.05, 3.63) is 35.4 Å². The van der Waals surface area contributed by atoms with Crippen LogP contribution in [-0.2, 0) is 14.9 Å². The molecular formula is C23H36N4O3. The van der Waals surface area contributed by atoms with E-state index in [-0.39, 0.29) is 11.5 Å². The Morgan fingerprint density at radius 3 is 2.43 bits per heavy atom. The van der Waals surface area contributed by atoms with Crippen molar-refractivity contribution in [2.45, 2.75) is 39.0 Å². The van der Waals surface area contributed by atoms with Crippen LogP contribution in [0.5, 0.6) is 0 Å². The van der Waals surface area contributed by atoms with Crippen LogP contribution in [0.25, 0.3) is 0 Å². The Balaban J connectivity index is 1.74. The summed E-state index contributed by atoms with van der Waals surface area (Å²) in [6.07, 6.45) is 1.74. The van der Waals surface area contributed by atoms with E-state index in [2.05, 4.69) is 48.3 Å². The number of guanidine groups is 1. The van der Waals surface area contributed by atoms with E-state index in [0.29, 0.717) is 19.7 Å². The van der Waals surface area contributed by atoms with Crippen molar-refractivity contribution in [2.75, 3.05) is 59.1 Å². The van der Waals surface area contributed by atoms with E-state index >= 15 is 0 Å². The second kappa shape index (κ2) is 10.7. The third kappa shape index (κ3) is 5.25. The smallest absolute Gasteiger partial charge is 0.409 e. The van der Waals surface area contributed by atoms with Gasteiger partial charge in [0.2, 0.25) is 0 Å². The van der Waals surface area contributed by atoms with Crippen molar-refractivity contribution in [1.82, 2.24) is 15.1 Å². The maximum Gasteiger partial charge on any atom is 0.409 e. The normalized spacial score (nSPS) is 19.5. The lowest BCUT2D eigenvalue weighted by Gasteiger charge is -2.39. The highest BCUT2D eigenvalue weighted by atomic mass is 16.6. The Morgan fingerprint density at radius 1 is 1.13 bits per heavy atom. The molecule has 0 aliphatic carbocycles. The number of amides is 1. The minimum atomic E-state index is -0.222. The predicted molar refractivity (Wildman–Crippen MR) is 119 cm³/mol. The summed E-state index contributed by atoms with van der Waals surface area (Å²) in [6, 6.07) is 8.67. The molecule has 0 aromatic heterocycles. The van der Waals surface area contributed by atoms with E-state index in [1.165, 1.54) is 11.1 Å². The van der Waals surface area contributed by atoms with Crippen LogP contribution >= 0.6 is 0 Å². The highest BCUT2D eigenvalue weighted by Gasteiger charge is 2.36. The topological polar surface area (TPSA) is 66.4 Å². The first-order valence-corrected chi connectivity index (χ1v) is 11.2. The molecule has 0 unspecified atom stereocenters. The highest BCUT2D eigenvalue weighted by molar-refractivity contribution is 5.80. The zero-order chi connectivity index (χ0) is 21.4. The van der Waals surface area contributed by atoms with E-state index in [0.717, 1.165) is 58.2 Å². The van der Waals surface area contributed by atoms with Gasteiger partial charge in [-0.15, -0.1) is 0 Å². The first-order chi connectivity index (χ1) is 14.6. The molecule has 0 saturated carbocycles. The van der Waals surface area contributed by atoms with Gasteiger partial charge in [0.1, 0.15) is 0 Å². The van der Waals surface area contributed by atoms with Gasteiger partial charge in [-0.1, -0.05) is 24.3 Å². The van der Waals surface area contributed by atoms with Crippen molar-refractivity contribution in [3.8, 4) is 0 Å². The summed E-state index contributed by atoms with van der Waals surface area (Å²) in [5, 5.41) is 3.45. The molecule has 2 fully saturated rings. The number of carbonyl (C=O) groups is 1. The van der Waals surface area contributed by atoms with Crippen molar-refractivity contribution >= 4 is 12.1 Å². The number of rotatable bonds is 5. The molecule has 0 radical (unpaired) electrons. The average molecular weight is 417 g/mol. The van der Waals surface area contributed by atoms with Crippen LogP contribution in [0.3, 0.4) is 0 Å². The number of piperazine rings is 1. The van der Waals surface area contributed by atoms with Gasteiger partial charge in [-0.05, 0) is 44.7 Å². The zero-order valence-electron chi connectivity index (χ0n) is 18.7. The first kappa shape index (κ1) is 22.4. The third-order valence-corrected chi connectivity index (χ3v) is 6.14. The van der Waals surface area contributed by atoms with Crippen molar-refractivity contribution in [1.29, 1.82) is 0 Å². The van der Waals surface area contributed by atoms with E-state index < -0.39 is 0 Å². The maximum atomic E-state index is 12.0. The molecule has 30 heavy (non-hydrogen) atoms. The lowest BCUT2D eigenvalue weighted by Crippen LogP contribution is -2.54. The van der Waals surface area contributed by atoms with Gasteiger partial charge in [-0.3, -0.25) is 4.99 Å². The molecule has 0 atom stereocenters. The zero-order valence-corrected chi connectivity index (χ0v) is 18.7. The summed E-state index contributed by atoms with van der Waals surface area (Å²) >= 11 is 0. The molecule has 2 aliphatic heterocycles. The van der Waals surface area contributed by atoms with Gasteiger partial charge >= 0.3 is 6.09 Å². The maximum absolute atomic E-state index is 12.0. The van der Waals surface area contributed by atoms with Gasteiger partial charge in [0.05, 0.1) is 13.2 Å². The minimum absolute atomic E-state index is 0.0109. The van der Waals surface area contributed by atoms with Crippen LogP contribution < -0.4 is 5.32 Å². The molecular weight excluding hydrogens is 380 g/mol. The number of nitrogens with one attached hydrogen (secondary N) is 1. The fraction of sp³-hybridized carbons (Fsp3) is 0.652. The summed E-state index contributed by atoms with van der Waals surface area (Å²) < 4.78 is 10.8. The van der Waals surface area contributed by atoms with Crippen LogP contribution in [0, 0.1) is 6.92 Å². The predicted octanol–water partition coefficient (Wildman–Crippen LogP) is 2.78. The lowest BCUT2D eigenvalue weighted by atomic mass is 9.72. The second-order valence-electron chi connectivity index (χ2n) is 8.05. The molecule has 3 rings (SSSR count). The van der Waals surface area contributed by atoms with E-state index in [4.69, 9.17) is 14.5 Å². The molecule has 1 N–H and O–H groups in total. The molecule has 1 aromatic rings. The average Bonchev–Trinajstić information content (AvgIpc) is 2.78. The Labute approximate surface area is 180 Å². The van der Waals surface area contributed by atoms with Crippen LogP contribution in [0.2, 0.25) is 0 Å². The van der Waals surface area contributed by atoms with Crippen LogP contribution in [0.1, 0.15) is 37.8 Å². The fourth-order valence-corrected chi connectivity index (χ4v) is 4.41. The molecule has 1 amide bonds. The summed E-state index contributed by atoms with van der Waals surface area (Å²) in [7, 11) is 0. The Kier molecular flexibility index (Phi) is 7.96. The fourth-order valence-electron chi connectivity index (χ4n) is 4.41. The number of carbonyl (C=O) groups excluding carboxylic acids is 1. The Morgan fingerprint density at radius 2 is 1.80 bits per heavy atom. The quantitative estimate of drug-likeness (QED) is 0.591. The van der Waals surface area contributed by atoms with E-state index in [9.17, 15) is 4.79 Å². The van der Waals surface area contributed by atoms with Gasteiger partial charge in [0.15, 0.2) is 5.96 Å². The monoisotopic (exact) mass is 416 g/mol. The van der Waals surface area contributed by atoms with E-state index in [1.807, 2.05) is 6.92 Å². The molecule has 2 aliphatic rings. The number of hydrogen-bond donors (Lipinski definition) is 1. The summed E-state index contributed by atoms with van der Waals surface area (Å²) in [4.78, 5) is 21.1. The number of ether oxygens (including phenoxy) is 2. The molecule has 0 spiro atoms. The van der Waals surface area contributed by atoms with Gasteiger partial charge in [0.25, 0.3) is 0 Å². The summed E-state index contributed by atoms with van der Waals surface area (Å²) in [5.74, 6) is 0.931. The number of benzene rings is 1. The number of hydrogen-bond acceptors (Lipinski definition) is 4. The number of aliphatic imine (C=N–C) groups is 1. The van der Waals surface area contributed by atoms with Crippen LogP contribution in [0.4, 0.5) is 4.79 Å². The summed E-state index contributed by atoms with van der Waals surface area (Å²) in [5.41, 5.74) is 2.72. The molecule has 1 aromatic carbocycles. The third-order valence-electron chi connectivity index (χ3n) is 6.14. The standard InChI is InChI=1S/C23H36N4O3/c1-4-24-21(26-12-14-27(15-13-26)22(28)30-5-2)25-18-23(10-16-29-17-11-23)20-9-7-6-8-19(20)3/h6-9H,4-5,10-18H2,1-3H3,(H,24,25). The van der Waals surface area contributed by atoms with Gasteiger partial charge in [-0.25, -0.2) is 4.79 Å². The minimum Gasteiger partial charge on any atom is -0.450 e. The van der Waals surface area contributed by atoms with E-state index in [1.54, 1.807) is 4.90 Å². The summed E-state index contributed by atoms with van der Waals surface area (Å²) in [6.45, 7) is 12.5. The lowest BCUT2D eigenvalue weighted by molar-refractivity contribution is 0.0527. The van der Waals surface area contributed by atoms with Crippen molar-refractivity contribution < 1.29 is 14.3 Å². The van der Waals surface area contributed by atoms with Crippen LogP contribution in [-0.4, -0.2) is 80.9 Å². The first-order valence-electron chi connectivity index (χ1n) is 11.2. The van der Waals surface area contributed by atoms with Gasteiger partial charge < -0.3 is 24.6 Å². The van der Waals surface area contributed by atoms with Gasteiger partial charge in [0, 0.05) is 51.4 Å². The SMILES string of the molecule is CCNC(=NCC1(c2ccccc2C)CCOCC1)N1CCN(C(=O)OCC)CC1. The van der Waals surface area contributed by atoms with Gasteiger partial charge in [-0.2, -0.15) is 0 Å². The number of nitrogens with zero attached hydrogens (tertiary/aromatic N) is 3.